The average Bonchev–Trinajstić information content (AvgIpc) is 3.99. The number of fused-ring (bicyclic) bond motifs is 2. The highest BCUT2D eigenvalue weighted by Gasteiger charge is 2.37. The van der Waals surface area contributed by atoms with E-state index in [9.17, 15) is 19.2 Å². The van der Waals surface area contributed by atoms with Crippen LogP contribution in [0.4, 0.5) is 9.59 Å². The van der Waals surface area contributed by atoms with Gasteiger partial charge in [0.2, 0.25) is 11.8 Å². The number of alkyl carbamates (subject to hydrolysis) is 2. The van der Waals surface area contributed by atoms with E-state index in [1.54, 1.807) is 24.2 Å². The summed E-state index contributed by atoms with van der Waals surface area (Å²) in [7, 11) is 1.28. The first kappa shape index (κ1) is 40.6. The molecule has 0 spiro atoms. The fraction of sp³-hybridized carbons (Fsp3) is 0.463. The van der Waals surface area contributed by atoms with Crippen molar-refractivity contribution in [2.45, 2.75) is 84.8 Å². The lowest BCUT2D eigenvalue weighted by Gasteiger charge is -2.30. The molecule has 5 N–H and O–H groups in total. The fourth-order valence-corrected chi connectivity index (χ4v) is 6.97. The zero-order chi connectivity index (χ0) is 40.6. The number of H-pyrrole nitrogens is 2. The Morgan fingerprint density at radius 3 is 2.11 bits per heavy atom. The molecule has 16 nitrogen and oxygen atoms in total. The number of nitrogens with zero attached hydrogens (tertiary/aromatic N) is 3. The van der Waals surface area contributed by atoms with Crippen molar-refractivity contribution in [2.75, 3.05) is 26.8 Å². The van der Waals surface area contributed by atoms with Crippen LogP contribution < -0.4 is 25.4 Å². The number of aromatic nitrogens is 4. The van der Waals surface area contributed by atoms with Gasteiger partial charge in [0, 0.05) is 30.6 Å². The molecule has 0 bridgehead atoms. The third-order valence-electron chi connectivity index (χ3n) is 10.1. The van der Waals surface area contributed by atoms with Crippen LogP contribution in [0.5, 0.6) is 23.0 Å². The number of hydrogen-bond donors (Lipinski definition) is 5. The molecular formula is C41H52N8O8. The van der Waals surface area contributed by atoms with E-state index in [4.69, 9.17) is 18.9 Å². The third kappa shape index (κ3) is 9.67. The number of unbranched alkanes of at least 4 members (excludes halogenated alkanes) is 1. The number of amides is 4. The Hall–Kier alpha value is -6.06. The zero-order valence-corrected chi connectivity index (χ0v) is 33.3. The maximum absolute atomic E-state index is 13.6. The van der Waals surface area contributed by atoms with Crippen LogP contribution >= 0.6 is 0 Å². The van der Waals surface area contributed by atoms with E-state index in [-0.39, 0.29) is 36.3 Å². The van der Waals surface area contributed by atoms with E-state index in [0.717, 1.165) is 54.0 Å². The molecule has 57 heavy (non-hydrogen) atoms. The summed E-state index contributed by atoms with van der Waals surface area (Å²) in [5, 5.41) is 8.22. The van der Waals surface area contributed by atoms with Gasteiger partial charge in [-0.2, -0.15) is 0 Å². The van der Waals surface area contributed by atoms with Crippen molar-refractivity contribution in [3.63, 3.8) is 0 Å². The Kier molecular flexibility index (Phi) is 13.0. The first-order valence-corrected chi connectivity index (χ1v) is 19.5. The fourth-order valence-electron chi connectivity index (χ4n) is 6.97. The number of likely N-dealkylation sites (tertiary alicyclic amines) is 1. The van der Waals surface area contributed by atoms with Crippen molar-refractivity contribution in [2.24, 2.45) is 11.8 Å². The highest BCUT2D eigenvalue weighted by molar-refractivity contribution is 5.87. The van der Waals surface area contributed by atoms with Crippen molar-refractivity contribution >= 4 is 24.0 Å². The van der Waals surface area contributed by atoms with Crippen molar-refractivity contribution < 1.29 is 38.1 Å². The lowest BCUT2D eigenvalue weighted by atomic mass is 10.0. The molecular weight excluding hydrogens is 732 g/mol. The number of benzene rings is 2. The van der Waals surface area contributed by atoms with E-state index < -0.39 is 24.3 Å². The van der Waals surface area contributed by atoms with Crippen molar-refractivity contribution in [3.8, 4) is 45.5 Å². The molecule has 3 unspecified atom stereocenters. The maximum Gasteiger partial charge on any atom is 0.407 e. The van der Waals surface area contributed by atoms with Crippen LogP contribution in [-0.4, -0.2) is 87.7 Å². The quantitative estimate of drug-likeness (QED) is 0.0719. The number of methoxy groups -OCH3 is 1. The first-order chi connectivity index (χ1) is 27.4. The number of hydrogen-bond acceptors (Lipinski definition) is 10. The topological polar surface area (TPSA) is 202 Å². The Balaban J connectivity index is 1.03. The van der Waals surface area contributed by atoms with Gasteiger partial charge in [-0.05, 0) is 80.8 Å². The van der Waals surface area contributed by atoms with Gasteiger partial charge in [-0.3, -0.25) is 9.59 Å². The Morgan fingerprint density at radius 1 is 0.842 bits per heavy atom. The van der Waals surface area contributed by atoms with Gasteiger partial charge in [-0.25, -0.2) is 19.6 Å². The van der Waals surface area contributed by atoms with Crippen molar-refractivity contribution in [1.29, 1.82) is 0 Å². The summed E-state index contributed by atoms with van der Waals surface area (Å²) in [5.74, 6) is 3.19. The SMILES string of the molecule is CCOC(=O)NC(C(=O)NCCCCc1ncc(-c2ccc3c(c2)Oc2ccc(-c4cnc(C5CCCN5C(=O)C(NC(=O)OC)C(C)C)[nH]4)cc2O3)[nH]1)C(C)C. The summed E-state index contributed by atoms with van der Waals surface area (Å²) >= 11 is 0. The van der Waals surface area contributed by atoms with E-state index in [2.05, 4.69) is 35.9 Å². The van der Waals surface area contributed by atoms with Crippen LogP contribution in [-0.2, 0) is 25.5 Å². The maximum atomic E-state index is 13.6. The average molecular weight is 785 g/mol. The second-order valence-corrected chi connectivity index (χ2v) is 14.8. The first-order valence-electron chi connectivity index (χ1n) is 19.5. The van der Waals surface area contributed by atoms with E-state index in [1.807, 2.05) is 64.1 Å². The van der Waals surface area contributed by atoms with Gasteiger partial charge in [-0.1, -0.05) is 27.7 Å². The minimum atomic E-state index is -0.709. The van der Waals surface area contributed by atoms with Crippen LogP contribution in [0.3, 0.4) is 0 Å². The third-order valence-corrected chi connectivity index (χ3v) is 10.1. The molecule has 4 aromatic rings. The predicted octanol–water partition coefficient (Wildman–Crippen LogP) is 6.62. The number of ether oxygens (including phenoxy) is 4. The number of carbonyl (C=O) groups is 4. The molecule has 2 aliphatic rings. The smallest absolute Gasteiger partial charge is 0.407 e. The summed E-state index contributed by atoms with van der Waals surface area (Å²) in [4.78, 5) is 67.8. The van der Waals surface area contributed by atoms with E-state index in [1.165, 1.54) is 7.11 Å². The molecule has 3 atom stereocenters. The summed E-state index contributed by atoms with van der Waals surface area (Å²) in [6.45, 7) is 10.5. The van der Waals surface area contributed by atoms with Crippen LogP contribution in [0.1, 0.15) is 78.0 Å². The lowest BCUT2D eigenvalue weighted by Crippen LogP contribution is -2.51. The standard InChI is InChI=1S/C41H52N8O8/c1-7-55-41(53)47-35(23(2)3)38(50)42-17-9-8-12-34-43-21-27(45-34)25-13-15-30-32(19-25)56-31-16-14-26(20-33(31)57-30)28-22-44-37(46-28)29-11-10-18-49(29)39(51)36(24(4)5)48-40(52)54-6/h13-16,19-24,29,35-36H,7-12,17-18H2,1-6H3,(H,42,50)(H,43,45)(H,44,46)(H,47,53)(H,48,52). The predicted molar refractivity (Wildman–Crippen MR) is 211 cm³/mol. The molecule has 0 aliphatic carbocycles. The molecule has 4 heterocycles. The zero-order valence-electron chi connectivity index (χ0n) is 33.3. The van der Waals surface area contributed by atoms with Crippen LogP contribution in [0.25, 0.3) is 22.5 Å². The Morgan fingerprint density at radius 2 is 1.47 bits per heavy atom. The molecule has 304 valence electrons. The molecule has 1 saturated heterocycles. The van der Waals surface area contributed by atoms with Gasteiger partial charge in [0.05, 0.1) is 43.5 Å². The van der Waals surface area contributed by atoms with E-state index in [0.29, 0.717) is 48.3 Å². The van der Waals surface area contributed by atoms with Crippen LogP contribution in [0.2, 0.25) is 0 Å². The molecule has 6 rings (SSSR count). The summed E-state index contributed by atoms with van der Waals surface area (Å²) in [5.41, 5.74) is 3.35. The monoisotopic (exact) mass is 784 g/mol. The van der Waals surface area contributed by atoms with Crippen LogP contribution in [0.15, 0.2) is 48.8 Å². The highest BCUT2D eigenvalue weighted by Crippen LogP contribution is 2.47. The van der Waals surface area contributed by atoms with Crippen LogP contribution in [0, 0.1) is 11.8 Å². The highest BCUT2D eigenvalue weighted by atomic mass is 16.6. The second-order valence-electron chi connectivity index (χ2n) is 14.8. The molecule has 16 heteroatoms. The number of rotatable bonds is 15. The van der Waals surface area contributed by atoms with Gasteiger partial charge in [0.1, 0.15) is 23.7 Å². The number of aryl methyl sites for hydroxylation is 1. The minimum absolute atomic E-state index is 0.0826. The largest absolute Gasteiger partial charge is 0.453 e. The lowest BCUT2D eigenvalue weighted by molar-refractivity contribution is -0.135. The van der Waals surface area contributed by atoms with Gasteiger partial charge < -0.3 is 49.8 Å². The number of imidazole rings is 2. The molecule has 4 amide bonds. The molecule has 0 radical (unpaired) electrons. The minimum Gasteiger partial charge on any atom is -0.453 e. The van der Waals surface area contributed by atoms with Gasteiger partial charge >= 0.3 is 12.2 Å². The second kappa shape index (κ2) is 18.3. The van der Waals surface area contributed by atoms with Crippen molar-refractivity contribution in [3.05, 3.63) is 60.4 Å². The number of carbonyl (C=O) groups excluding carboxylic acids is 4. The summed E-state index contributed by atoms with van der Waals surface area (Å²) in [6.07, 6.45) is 6.13. The molecule has 2 aromatic heterocycles. The van der Waals surface area contributed by atoms with Gasteiger partial charge in [0.25, 0.3) is 0 Å². The van der Waals surface area contributed by atoms with Crippen molar-refractivity contribution in [1.82, 2.24) is 40.8 Å². The molecule has 2 aliphatic heterocycles. The number of nitrogens with one attached hydrogen (secondary N) is 5. The molecule has 0 saturated carbocycles. The molecule has 1 fully saturated rings. The summed E-state index contributed by atoms with van der Waals surface area (Å²) in [6, 6.07) is 9.78. The molecule has 2 aromatic carbocycles. The van der Waals surface area contributed by atoms with Gasteiger partial charge in [-0.15, -0.1) is 0 Å². The number of aromatic amines is 2. The normalized spacial score (nSPS) is 15.5. The Bertz CT molecular complexity index is 2060. The summed E-state index contributed by atoms with van der Waals surface area (Å²) < 4.78 is 22.2. The Labute approximate surface area is 331 Å². The van der Waals surface area contributed by atoms with E-state index >= 15 is 0 Å². The van der Waals surface area contributed by atoms with Gasteiger partial charge in [0.15, 0.2) is 23.0 Å².